The molecule has 0 bridgehead atoms. The number of hydrogen-bond donors (Lipinski definition) is 2. The van der Waals surface area contributed by atoms with E-state index in [1.165, 1.54) is 0 Å². The maximum atomic E-state index is 5.18. The number of nitrogens with one attached hydrogen (secondary N) is 2. The summed E-state index contributed by atoms with van der Waals surface area (Å²) in [5, 5.41) is 12.7. The van der Waals surface area contributed by atoms with Crippen molar-refractivity contribution in [3.8, 4) is 16.5 Å². The third kappa shape index (κ3) is 2.57. The first-order valence-electron chi connectivity index (χ1n) is 6.30. The SMILES string of the molecule is COc1csc(-c2nc(N3CCN[C@@H](C)C3)n[nH]2)c1. The number of H-pyrrole nitrogens is 1. The Hall–Kier alpha value is -1.60. The van der Waals surface area contributed by atoms with E-state index >= 15 is 0 Å². The number of rotatable bonds is 3. The smallest absolute Gasteiger partial charge is 0.245 e. The number of thiophene rings is 1. The van der Waals surface area contributed by atoms with Crippen LogP contribution in [0.1, 0.15) is 6.92 Å². The number of aromatic nitrogens is 3. The van der Waals surface area contributed by atoms with E-state index in [4.69, 9.17) is 4.74 Å². The highest BCUT2D eigenvalue weighted by Crippen LogP contribution is 2.29. The molecule has 6 nitrogen and oxygen atoms in total. The van der Waals surface area contributed by atoms with Crippen molar-refractivity contribution in [1.29, 1.82) is 0 Å². The van der Waals surface area contributed by atoms with Crippen molar-refractivity contribution in [2.75, 3.05) is 31.6 Å². The van der Waals surface area contributed by atoms with Gasteiger partial charge in [0.05, 0.1) is 12.0 Å². The van der Waals surface area contributed by atoms with E-state index in [-0.39, 0.29) is 0 Å². The van der Waals surface area contributed by atoms with E-state index in [0.717, 1.165) is 42.0 Å². The summed E-state index contributed by atoms with van der Waals surface area (Å²) in [4.78, 5) is 7.81. The average Bonchev–Trinajstić information content (AvgIpc) is 3.07. The molecule has 0 radical (unpaired) electrons. The second kappa shape index (κ2) is 5.18. The number of hydrogen-bond acceptors (Lipinski definition) is 6. The van der Waals surface area contributed by atoms with Crippen LogP contribution in [0.2, 0.25) is 0 Å². The van der Waals surface area contributed by atoms with Crippen LogP contribution in [0.4, 0.5) is 5.95 Å². The first kappa shape index (κ1) is 12.4. The second-order valence-electron chi connectivity index (χ2n) is 4.64. The summed E-state index contributed by atoms with van der Waals surface area (Å²) >= 11 is 1.60. The lowest BCUT2D eigenvalue weighted by atomic mass is 10.2. The van der Waals surface area contributed by atoms with Crippen molar-refractivity contribution >= 4 is 17.3 Å². The molecule has 1 fully saturated rings. The zero-order valence-corrected chi connectivity index (χ0v) is 11.8. The van der Waals surface area contributed by atoms with Crippen LogP contribution in [0.25, 0.3) is 10.7 Å². The number of anilines is 1. The van der Waals surface area contributed by atoms with Gasteiger partial charge in [-0.15, -0.1) is 16.4 Å². The van der Waals surface area contributed by atoms with Crippen molar-refractivity contribution in [3.63, 3.8) is 0 Å². The summed E-state index contributed by atoms with van der Waals surface area (Å²) in [6.45, 7) is 5.02. The predicted octanol–water partition coefficient (Wildman–Crippen LogP) is 1.34. The van der Waals surface area contributed by atoms with Crippen LogP contribution in [-0.4, -0.2) is 48.0 Å². The number of ether oxygens (including phenoxy) is 1. The molecule has 1 aliphatic heterocycles. The van der Waals surface area contributed by atoms with Crippen molar-refractivity contribution in [2.45, 2.75) is 13.0 Å². The summed E-state index contributed by atoms with van der Waals surface area (Å²) in [6, 6.07) is 2.44. The first-order valence-corrected chi connectivity index (χ1v) is 7.18. The molecule has 3 rings (SSSR count). The van der Waals surface area contributed by atoms with Crippen LogP contribution >= 0.6 is 11.3 Å². The van der Waals surface area contributed by atoms with Crippen LogP contribution in [0.15, 0.2) is 11.4 Å². The second-order valence-corrected chi connectivity index (χ2v) is 5.55. The van der Waals surface area contributed by atoms with Gasteiger partial charge in [0.25, 0.3) is 0 Å². The molecule has 0 saturated carbocycles. The van der Waals surface area contributed by atoms with Gasteiger partial charge in [0.2, 0.25) is 5.95 Å². The normalized spacial score (nSPS) is 19.7. The lowest BCUT2D eigenvalue weighted by Gasteiger charge is -2.30. The standard InChI is InChI=1S/C12H17N5OS/c1-8-6-17(4-3-13-8)12-14-11(15-16-12)10-5-9(18-2)7-19-10/h5,7-8,13H,3-4,6H2,1-2H3,(H,14,15,16)/t8-/m0/s1. The Bertz CT molecular complexity index is 552. The summed E-state index contributed by atoms with van der Waals surface area (Å²) in [7, 11) is 1.67. The van der Waals surface area contributed by atoms with E-state index in [9.17, 15) is 0 Å². The molecule has 0 amide bonds. The Balaban J connectivity index is 1.78. The summed E-state index contributed by atoms with van der Waals surface area (Å²) < 4.78 is 5.18. The third-order valence-electron chi connectivity index (χ3n) is 3.17. The number of aromatic amines is 1. The van der Waals surface area contributed by atoms with Gasteiger partial charge in [0.1, 0.15) is 5.75 Å². The zero-order chi connectivity index (χ0) is 13.2. The first-order chi connectivity index (χ1) is 9.26. The van der Waals surface area contributed by atoms with E-state index in [0.29, 0.717) is 6.04 Å². The molecule has 0 aliphatic carbocycles. The third-order valence-corrected chi connectivity index (χ3v) is 4.09. The molecule has 102 valence electrons. The molecule has 1 saturated heterocycles. The van der Waals surface area contributed by atoms with Crippen LogP contribution in [0, 0.1) is 0 Å². The maximum Gasteiger partial charge on any atom is 0.245 e. The van der Waals surface area contributed by atoms with Crippen LogP contribution in [0.5, 0.6) is 5.75 Å². The molecule has 7 heteroatoms. The molecule has 0 unspecified atom stereocenters. The zero-order valence-electron chi connectivity index (χ0n) is 11.0. The molecular weight excluding hydrogens is 262 g/mol. The Morgan fingerprint density at radius 2 is 2.42 bits per heavy atom. The molecule has 3 heterocycles. The van der Waals surface area contributed by atoms with Gasteiger partial charge in [-0.2, -0.15) is 4.98 Å². The lowest BCUT2D eigenvalue weighted by Crippen LogP contribution is -2.49. The topological polar surface area (TPSA) is 66.1 Å². The fourth-order valence-corrected chi connectivity index (χ4v) is 2.96. The van der Waals surface area contributed by atoms with Gasteiger partial charge in [0.15, 0.2) is 5.82 Å². The fourth-order valence-electron chi connectivity index (χ4n) is 2.17. The summed E-state index contributed by atoms with van der Waals surface area (Å²) in [5.41, 5.74) is 0. The van der Waals surface area contributed by atoms with Gasteiger partial charge in [-0.3, -0.25) is 5.10 Å². The van der Waals surface area contributed by atoms with E-state index in [1.54, 1.807) is 18.4 Å². The molecule has 2 N–H and O–H groups in total. The fraction of sp³-hybridized carbons (Fsp3) is 0.500. The van der Waals surface area contributed by atoms with E-state index < -0.39 is 0 Å². The van der Waals surface area contributed by atoms with Crippen molar-refractivity contribution in [1.82, 2.24) is 20.5 Å². The number of piperazine rings is 1. The number of nitrogens with zero attached hydrogens (tertiary/aromatic N) is 3. The van der Waals surface area contributed by atoms with Crippen molar-refractivity contribution in [2.24, 2.45) is 0 Å². The molecule has 0 aromatic carbocycles. The van der Waals surface area contributed by atoms with Crippen LogP contribution < -0.4 is 15.0 Å². The summed E-state index contributed by atoms with van der Waals surface area (Å²) in [6.07, 6.45) is 0. The van der Waals surface area contributed by atoms with E-state index in [1.807, 2.05) is 11.4 Å². The molecule has 0 spiro atoms. The minimum atomic E-state index is 0.470. The predicted molar refractivity (Wildman–Crippen MR) is 75.9 cm³/mol. The Morgan fingerprint density at radius 1 is 1.53 bits per heavy atom. The van der Waals surface area contributed by atoms with Crippen LogP contribution in [0.3, 0.4) is 0 Å². The largest absolute Gasteiger partial charge is 0.496 e. The van der Waals surface area contributed by atoms with E-state index in [2.05, 4.69) is 32.3 Å². The van der Waals surface area contributed by atoms with Gasteiger partial charge in [0, 0.05) is 37.1 Å². The minimum absolute atomic E-state index is 0.470. The number of methoxy groups -OCH3 is 1. The Labute approximate surface area is 115 Å². The highest BCUT2D eigenvalue weighted by atomic mass is 32.1. The van der Waals surface area contributed by atoms with Gasteiger partial charge in [-0.1, -0.05) is 0 Å². The van der Waals surface area contributed by atoms with Gasteiger partial charge in [-0.05, 0) is 6.92 Å². The maximum absolute atomic E-state index is 5.18. The monoisotopic (exact) mass is 279 g/mol. The highest BCUT2D eigenvalue weighted by molar-refractivity contribution is 7.13. The molecule has 1 atom stereocenters. The summed E-state index contributed by atoms with van der Waals surface area (Å²) in [5.74, 6) is 2.43. The van der Waals surface area contributed by atoms with Crippen LogP contribution in [-0.2, 0) is 0 Å². The quantitative estimate of drug-likeness (QED) is 0.887. The van der Waals surface area contributed by atoms with Gasteiger partial charge < -0.3 is 15.0 Å². The average molecular weight is 279 g/mol. The molecule has 19 heavy (non-hydrogen) atoms. The molecule has 1 aliphatic rings. The molecule has 2 aromatic heterocycles. The van der Waals surface area contributed by atoms with Crippen molar-refractivity contribution in [3.05, 3.63) is 11.4 Å². The molecule has 2 aromatic rings. The van der Waals surface area contributed by atoms with Gasteiger partial charge >= 0.3 is 0 Å². The molecular formula is C12H17N5OS. The highest BCUT2D eigenvalue weighted by Gasteiger charge is 2.19. The minimum Gasteiger partial charge on any atom is -0.496 e. The van der Waals surface area contributed by atoms with Crippen molar-refractivity contribution < 1.29 is 4.74 Å². The lowest BCUT2D eigenvalue weighted by molar-refractivity contribution is 0.417. The Kier molecular flexibility index (Phi) is 3.39. The van der Waals surface area contributed by atoms with Gasteiger partial charge in [-0.25, -0.2) is 0 Å². The Morgan fingerprint density at radius 3 is 3.16 bits per heavy atom.